The highest BCUT2D eigenvalue weighted by molar-refractivity contribution is 8.14. The Balaban J connectivity index is 3.30. The van der Waals surface area contributed by atoms with Gasteiger partial charge < -0.3 is 9.47 Å². The van der Waals surface area contributed by atoms with Gasteiger partial charge in [0.15, 0.2) is 0 Å². The highest BCUT2D eigenvalue weighted by atomic mass is 35.7. The van der Waals surface area contributed by atoms with Crippen molar-refractivity contribution < 1.29 is 27.1 Å². The van der Waals surface area contributed by atoms with Crippen LogP contribution >= 0.6 is 33.9 Å². The Labute approximate surface area is 128 Å². The molecule has 5 nitrogen and oxygen atoms in total. The fourth-order valence-electron chi connectivity index (χ4n) is 1.24. The van der Waals surface area contributed by atoms with Crippen LogP contribution in [0, 0.1) is 5.82 Å². The SMILES string of the molecule is COCCOC(=O)c1cc(F)c(Cl)c(S(=O)(=O)Cl)c1Cl. The lowest BCUT2D eigenvalue weighted by atomic mass is 10.2. The van der Waals surface area contributed by atoms with E-state index in [9.17, 15) is 17.6 Å². The van der Waals surface area contributed by atoms with E-state index in [4.69, 9.17) is 38.6 Å². The van der Waals surface area contributed by atoms with Crippen molar-refractivity contribution in [3.8, 4) is 0 Å². The molecule has 1 aromatic carbocycles. The molecule has 0 atom stereocenters. The van der Waals surface area contributed by atoms with Crippen molar-refractivity contribution >= 4 is 48.9 Å². The van der Waals surface area contributed by atoms with Gasteiger partial charge in [0.2, 0.25) is 0 Å². The van der Waals surface area contributed by atoms with Gasteiger partial charge in [0.05, 0.1) is 22.2 Å². The summed E-state index contributed by atoms with van der Waals surface area (Å²) in [5.74, 6) is -2.18. The lowest BCUT2D eigenvalue weighted by Gasteiger charge is -2.10. The summed E-state index contributed by atoms with van der Waals surface area (Å²) in [6.07, 6.45) is 0. The fourth-order valence-corrected chi connectivity index (χ4v) is 3.61. The Bertz CT molecular complexity index is 632. The Kier molecular flexibility index (Phi) is 6.03. The second-order valence-electron chi connectivity index (χ2n) is 3.43. The molecule has 0 heterocycles. The summed E-state index contributed by atoms with van der Waals surface area (Å²) < 4.78 is 45.6. The standard InChI is InChI=1S/C10H8Cl3FO5S/c1-18-2-3-19-10(15)5-4-6(14)8(12)9(7(5)11)20(13,16)17/h4H,2-3H2,1H3. The average molecular weight is 366 g/mol. The van der Waals surface area contributed by atoms with Gasteiger partial charge in [0, 0.05) is 17.8 Å². The molecule has 0 aromatic heterocycles. The number of rotatable bonds is 5. The third kappa shape index (κ3) is 3.95. The minimum absolute atomic E-state index is 0.111. The maximum absolute atomic E-state index is 13.6. The van der Waals surface area contributed by atoms with Crippen LogP contribution in [0.1, 0.15) is 10.4 Å². The number of hydrogen-bond acceptors (Lipinski definition) is 5. The first kappa shape index (κ1) is 17.5. The van der Waals surface area contributed by atoms with Gasteiger partial charge in [0.1, 0.15) is 17.3 Å². The molecule has 0 spiro atoms. The number of halogens is 4. The normalized spacial score (nSPS) is 11.4. The number of benzene rings is 1. The van der Waals surface area contributed by atoms with Crippen molar-refractivity contribution in [3.05, 3.63) is 27.5 Å². The van der Waals surface area contributed by atoms with Crippen molar-refractivity contribution in [2.75, 3.05) is 20.3 Å². The summed E-state index contributed by atoms with van der Waals surface area (Å²) in [6, 6.07) is 0.672. The van der Waals surface area contributed by atoms with Gasteiger partial charge in [-0.25, -0.2) is 17.6 Å². The lowest BCUT2D eigenvalue weighted by molar-refractivity contribution is 0.0387. The molecule has 0 aliphatic heterocycles. The topological polar surface area (TPSA) is 69.7 Å². The molecule has 0 N–H and O–H groups in total. The molecule has 112 valence electrons. The van der Waals surface area contributed by atoms with Gasteiger partial charge in [-0.15, -0.1) is 0 Å². The van der Waals surface area contributed by atoms with Crippen molar-refractivity contribution in [1.29, 1.82) is 0 Å². The van der Waals surface area contributed by atoms with Crippen LogP contribution in [0.2, 0.25) is 10.0 Å². The van der Waals surface area contributed by atoms with Crippen molar-refractivity contribution in [2.24, 2.45) is 0 Å². The molecule has 0 radical (unpaired) electrons. The number of carbonyl (C=O) groups is 1. The minimum atomic E-state index is -4.43. The highest BCUT2D eigenvalue weighted by Gasteiger charge is 2.28. The van der Waals surface area contributed by atoms with Crippen LogP contribution in [0.25, 0.3) is 0 Å². The molecular formula is C10H8Cl3FO5S. The second kappa shape index (κ2) is 6.91. The molecule has 1 rings (SSSR count). The molecule has 0 saturated heterocycles. The van der Waals surface area contributed by atoms with E-state index in [1.165, 1.54) is 7.11 Å². The minimum Gasteiger partial charge on any atom is -0.460 e. The van der Waals surface area contributed by atoms with Crippen LogP contribution in [0.4, 0.5) is 4.39 Å². The first-order valence-corrected chi connectivity index (χ1v) is 8.05. The maximum atomic E-state index is 13.6. The number of carbonyl (C=O) groups excluding carboxylic acids is 1. The zero-order valence-electron chi connectivity index (χ0n) is 9.95. The first-order valence-electron chi connectivity index (χ1n) is 4.98. The average Bonchev–Trinajstić information content (AvgIpc) is 2.32. The van der Waals surface area contributed by atoms with E-state index in [1.807, 2.05) is 0 Å². The van der Waals surface area contributed by atoms with Gasteiger partial charge in [-0.05, 0) is 6.07 Å². The van der Waals surface area contributed by atoms with Gasteiger partial charge in [-0.3, -0.25) is 0 Å². The molecule has 0 aliphatic rings. The summed E-state index contributed by atoms with van der Waals surface area (Å²) in [4.78, 5) is 10.8. The molecule has 1 aromatic rings. The van der Waals surface area contributed by atoms with Crippen LogP contribution in [0.15, 0.2) is 11.0 Å². The van der Waals surface area contributed by atoms with E-state index in [1.54, 1.807) is 0 Å². The van der Waals surface area contributed by atoms with Gasteiger partial charge >= 0.3 is 5.97 Å². The van der Waals surface area contributed by atoms with Crippen LogP contribution < -0.4 is 0 Å². The Morgan fingerprint density at radius 2 is 1.90 bits per heavy atom. The van der Waals surface area contributed by atoms with Crippen molar-refractivity contribution in [3.63, 3.8) is 0 Å². The van der Waals surface area contributed by atoms with Gasteiger partial charge in [-0.2, -0.15) is 0 Å². The fraction of sp³-hybridized carbons (Fsp3) is 0.300. The third-order valence-electron chi connectivity index (χ3n) is 2.10. The lowest BCUT2D eigenvalue weighted by Crippen LogP contribution is -2.12. The summed E-state index contributed by atoms with van der Waals surface area (Å²) >= 11 is 11.2. The predicted octanol–water partition coefficient (Wildman–Crippen LogP) is 2.86. The number of ether oxygens (including phenoxy) is 2. The van der Waals surface area contributed by atoms with Gasteiger partial charge in [-0.1, -0.05) is 23.2 Å². The van der Waals surface area contributed by atoms with Crippen molar-refractivity contribution in [2.45, 2.75) is 4.90 Å². The van der Waals surface area contributed by atoms with Crippen molar-refractivity contribution in [1.82, 2.24) is 0 Å². The van der Waals surface area contributed by atoms with E-state index >= 15 is 0 Å². The predicted molar refractivity (Wildman–Crippen MR) is 71.6 cm³/mol. The Hall–Kier alpha value is -0.600. The second-order valence-corrected chi connectivity index (χ2v) is 6.69. The van der Waals surface area contributed by atoms with Crippen LogP contribution in [-0.4, -0.2) is 34.7 Å². The Morgan fingerprint density at radius 1 is 1.30 bits per heavy atom. The smallest absolute Gasteiger partial charge is 0.339 e. The monoisotopic (exact) mass is 364 g/mol. The van der Waals surface area contributed by atoms with E-state index < -0.39 is 41.3 Å². The zero-order valence-corrected chi connectivity index (χ0v) is 13.0. The van der Waals surface area contributed by atoms with Gasteiger partial charge in [0.25, 0.3) is 9.05 Å². The summed E-state index contributed by atoms with van der Waals surface area (Å²) in [5, 5.41) is -1.40. The largest absolute Gasteiger partial charge is 0.460 e. The Morgan fingerprint density at radius 3 is 2.40 bits per heavy atom. The van der Waals surface area contributed by atoms with E-state index in [-0.39, 0.29) is 13.2 Å². The molecule has 0 bridgehead atoms. The molecule has 0 unspecified atom stereocenters. The van der Waals surface area contributed by atoms with Crippen LogP contribution in [0.3, 0.4) is 0 Å². The van der Waals surface area contributed by atoms with E-state index in [0.717, 1.165) is 0 Å². The molecular weight excluding hydrogens is 358 g/mol. The molecule has 0 amide bonds. The van der Waals surface area contributed by atoms with E-state index in [2.05, 4.69) is 4.74 Å². The quantitative estimate of drug-likeness (QED) is 0.347. The van der Waals surface area contributed by atoms with E-state index in [0.29, 0.717) is 6.07 Å². The number of methoxy groups -OCH3 is 1. The third-order valence-corrected chi connectivity index (χ3v) is 4.45. The molecule has 0 fully saturated rings. The number of esters is 1. The molecule has 0 aliphatic carbocycles. The van der Waals surface area contributed by atoms with Crippen LogP contribution in [0.5, 0.6) is 0 Å². The van der Waals surface area contributed by atoms with Crippen LogP contribution in [-0.2, 0) is 18.5 Å². The number of hydrogen-bond donors (Lipinski definition) is 0. The molecule has 10 heteroatoms. The summed E-state index contributed by atoms with van der Waals surface area (Å²) in [6.45, 7) is -0.00103. The maximum Gasteiger partial charge on any atom is 0.339 e. The molecule has 20 heavy (non-hydrogen) atoms. The first-order chi connectivity index (χ1) is 9.20. The summed E-state index contributed by atoms with van der Waals surface area (Å²) in [5.41, 5.74) is -0.496. The molecule has 0 saturated carbocycles. The zero-order chi connectivity index (χ0) is 15.5. The summed E-state index contributed by atoms with van der Waals surface area (Å²) in [7, 11) is 2.07. The highest BCUT2D eigenvalue weighted by Crippen LogP contribution is 2.36.